The van der Waals surface area contributed by atoms with E-state index in [-0.39, 0.29) is 29.4 Å². The number of nitrogens with zero attached hydrogens (tertiary/aromatic N) is 1. The number of carbonyl (C=O) groups excluding carboxylic acids is 1. The number of hydrogen-bond donors (Lipinski definition) is 0. The minimum Gasteiger partial charge on any atom is -0.299 e. The number of pyridine rings is 1. The lowest BCUT2D eigenvalue weighted by atomic mass is 9.64. The van der Waals surface area contributed by atoms with E-state index in [1.807, 2.05) is 13.8 Å². The Labute approximate surface area is 82.2 Å². The zero-order valence-corrected chi connectivity index (χ0v) is 8.20. The molecule has 0 spiro atoms. The zero-order valence-electron chi connectivity index (χ0n) is 8.20. The molecule has 1 saturated carbocycles. The van der Waals surface area contributed by atoms with Gasteiger partial charge in [0.05, 0.1) is 6.20 Å². The van der Waals surface area contributed by atoms with Crippen LogP contribution in [0.2, 0.25) is 0 Å². The van der Waals surface area contributed by atoms with Crippen LogP contribution in [0.3, 0.4) is 0 Å². The molecule has 2 atom stereocenters. The normalized spacial score (nSPS) is 31.4. The summed E-state index contributed by atoms with van der Waals surface area (Å²) in [4.78, 5) is 15.3. The van der Waals surface area contributed by atoms with Crippen molar-refractivity contribution in [2.75, 3.05) is 0 Å². The SMILES string of the molecule is CC1C(=O)C(C)C1c1ccc(F)cn1. The van der Waals surface area contributed by atoms with E-state index in [1.165, 1.54) is 12.3 Å². The van der Waals surface area contributed by atoms with E-state index in [0.29, 0.717) is 0 Å². The smallest absolute Gasteiger partial charge is 0.141 e. The molecule has 0 aromatic carbocycles. The molecule has 0 aliphatic heterocycles. The summed E-state index contributed by atoms with van der Waals surface area (Å²) in [6.07, 6.45) is 1.21. The van der Waals surface area contributed by atoms with Gasteiger partial charge in [0.1, 0.15) is 11.6 Å². The van der Waals surface area contributed by atoms with E-state index in [0.717, 1.165) is 5.69 Å². The van der Waals surface area contributed by atoms with Gasteiger partial charge in [-0.3, -0.25) is 9.78 Å². The Bertz CT molecular complexity index is 348. The number of aromatic nitrogens is 1. The average molecular weight is 193 g/mol. The molecule has 0 saturated heterocycles. The highest BCUT2D eigenvalue weighted by Gasteiger charge is 2.45. The van der Waals surface area contributed by atoms with Gasteiger partial charge in [0.2, 0.25) is 0 Å². The second kappa shape index (κ2) is 3.15. The molecule has 2 rings (SSSR count). The molecule has 1 fully saturated rings. The molecule has 1 heterocycles. The van der Waals surface area contributed by atoms with Crippen LogP contribution in [0, 0.1) is 17.7 Å². The Kier molecular flexibility index (Phi) is 2.10. The maximum absolute atomic E-state index is 12.6. The van der Waals surface area contributed by atoms with Gasteiger partial charge in [0.25, 0.3) is 0 Å². The fourth-order valence-electron chi connectivity index (χ4n) is 2.18. The van der Waals surface area contributed by atoms with Gasteiger partial charge < -0.3 is 0 Å². The highest BCUT2D eigenvalue weighted by molar-refractivity contribution is 5.91. The molecule has 0 N–H and O–H groups in total. The van der Waals surface area contributed by atoms with Crippen molar-refractivity contribution in [3.8, 4) is 0 Å². The molecule has 1 aromatic heterocycles. The number of Topliss-reactive ketones (excluding diaryl/α,β-unsaturated/α-hetero) is 1. The number of hydrogen-bond acceptors (Lipinski definition) is 2. The lowest BCUT2D eigenvalue weighted by molar-refractivity contribution is -0.136. The summed E-state index contributed by atoms with van der Waals surface area (Å²) in [5.41, 5.74) is 0.825. The summed E-state index contributed by atoms with van der Waals surface area (Å²) in [5.74, 6) is 0.176. The van der Waals surface area contributed by atoms with Crippen LogP contribution >= 0.6 is 0 Å². The van der Waals surface area contributed by atoms with E-state index in [1.54, 1.807) is 6.07 Å². The highest BCUT2D eigenvalue weighted by atomic mass is 19.1. The van der Waals surface area contributed by atoms with Crippen molar-refractivity contribution in [1.82, 2.24) is 4.98 Å². The van der Waals surface area contributed by atoms with Crippen LogP contribution in [0.1, 0.15) is 25.5 Å². The molecule has 2 unspecified atom stereocenters. The summed E-state index contributed by atoms with van der Waals surface area (Å²) in [7, 11) is 0. The summed E-state index contributed by atoms with van der Waals surface area (Å²) >= 11 is 0. The molecule has 0 bridgehead atoms. The summed E-state index contributed by atoms with van der Waals surface area (Å²) < 4.78 is 12.6. The van der Waals surface area contributed by atoms with Crippen LogP contribution in [-0.4, -0.2) is 10.8 Å². The van der Waals surface area contributed by atoms with Crippen molar-refractivity contribution in [2.24, 2.45) is 11.8 Å². The largest absolute Gasteiger partial charge is 0.299 e. The standard InChI is InChI=1S/C11H12FNO/c1-6-10(7(2)11(6)14)9-4-3-8(12)5-13-9/h3-7,10H,1-2H3. The van der Waals surface area contributed by atoms with Gasteiger partial charge in [-0.25, -0.2) is 4.39 Å². The van der Waals surface area contributed by atoms with Crippen LogP contribution in [0.5, 0.6) is 0 Å². The van der Waals surface area contributed by atoms with Crippen molar-refractivity contribution >= 4 is 5.78 Å². The van der Waals surface area contributed by atoms with Crippen molar-refractivity contribution in [3.63, 3.8) is 0 Å². The molecular weight excluding hydrogens is 181 g/mol. The van der Waals surface area contributed by atoms with Crippen LogP contribution in [0.4, 0.5) is 4.39 Å². The van der Waals surface area contributed by atoms with E-state index in [4.69, 9.17) is 0 Å². The Balaban J connectivity index is 2.24. The molecule has 0 radical (unpaired) electrons. The van der Waals surface area contributed by atoms with Gasteiger partial charge in [-0.05, 0) is 12.1 Å². The molecule has 74 valence electrons. The third kappa shape index (κ3) is 1.24. The Morgan fingerprint density at radius 1 is 1.29 bits per heavy atom. The third-order valence-corrected chi connectivity index (χ3v) is 3.07. The van der Waals surface area contributed by atoms with E-state index < -0.39 is 0 Å². The fraction of sp³-hybridized carbons (Fsp3) is 0.455. The first-order chi connectivity index (χ1) is 6.61. The fourth-order valence-corrected chi connectivity index (χ4v) is 2.18. The van der Waals surface area contributed by atoms with Gasteiger partial charge in [0, 0.05) is 23.4 Å². The Hall–Kier alpha value is -1.25. The predicted octanol–water partition coefficient (Wildman–Crippen LogP) is 2.16. The van der Waals surface area contributed by atoms with E-state index in [2.05, 4.69) is 4.98 Å². The quantitative estimate of drug-likeness (QED) is 0.684. The maximum Gasteiger partial charge on any atom is 0.141 e. The Morgan fingerprint density at radius 2 is 1.93 bits per heavy atom. The van der Waals surface area contributed by atoms with Gasteiger partial charge in [0.15, 0.2) is 0 Å². The van der Waals surface area contributed by atoms with Crippen LogP contribution in [0.15, 0.2) is 18.3 Å². The molecule has 3 heteroatoms. The molecule has 1 aromatic rings. The lowest BCUT2D eigenvalue weighted by Crippen LogP contribution is -2.42. The molecule has 1 aliphatic rings. The van der Waals surface area contributed by atoms with Crippen LogP contribution in [-0.2, 0) is 4.79 Å². The number of ketones is 1. The monoisotopic (exact) mass is 193 g/mol. The first-order valence-corrected chi connectivity index (χ1v) is 4.76. The molecule has 0 amide bonds. The first-order valence-electron chi connectivity index (χ1n) is 4.76. The second-order valence-corrected chi connectivity index (χ2v) is 3.91. The number of rotatable bonds is 1. The van der Waals surface area contributed by atoms with Gasteiger partial charge in [-0.15, -0.1) is 0 Å². The molecule has 14 heavy (non-hydrogen) atoms. The van der Waals surface area contributed by atoms with Crippen molar-refractivity contribution in [1.29, 1.82) is 0 Å². The van der Waals surface area contributed by atoms with Crippen LogP contribution < -0.4 is 0 Å². The average Bonchev–Trinajstić information content (AvgIpc) is 2.21. The number of halogens is 1. The minimum atomic E-state index is -0.334. The zero-order chi connectivity index (χ0) is 10.3. The topological polar surface area (TPSA) is 30.0 Å². The summed E-state index contributed by atoms with van der Waals surface area (Å²) in [6.45, 7) is 3.80. The van der Waals surface area contributed by atoms with E-state index >= 15 is 0 Å². The molecule has 2 nitrogen and oxygen atoms in total. The van der Waals surface area contributed by atoms with Crippen molar-refractivity contribution in [2.45, 2.75) is 19.8 Å². The van der Waals surface area contributed by atoms with Gasteiger partial charge >= 0.3 is 0 Å². The summed E-state index contributed by atoms with van der Waals surface area (Å²) in [5, 5.41) is 0. The number of carbonyl (C=O) groups is 1. The third-order valence-electron chi connectivity index (χ3n) is 3.07. The van der Waals surface area contributed by atoms with Crippen molar-refractivity contribution < 1.29 is 9.18 Å². The lowest BCUT2D eigenvalue weighted by Gasteiger charge is -2.38. The predicted molar refractivity (Wildman–Crippen MR) is 50.3 cm³/mol. The summed E-state index contributed by atoms with van der Waals surface area (Å²) in [6, 6.07) is 3.06. The highest BCUT2D eigenvalue weighted by Crippen LogP contribution is 2.43. The second-order valence-electron chi connectivity index (χ2n) is 3.91. The minimum absolute atomic E-state index is 0.0305. The molecule has 1 aliphatic carbocycles. The van der Waals surface area contributed by atoms with Crippen LogP contribution in [0.25, 0.3) is 0 Å². The maximum atomic E-state index is 12.6. The molecular formula is C11H12FNO. The first kappa shape index (κ1) is 9.31. The van der Waals surface area contributed by atoms with Gasteiger partial charge in [-0.2, -0.15) is 0 Å². The van der Waals surface area contributed by atoms with Gasteiger partial charge in [-0.1, -0.05) is 13.8 Å². The Morgan fingerprint density at radius 3 is 2.43 bits per heavy atom. The van der Waals surface area contributed by atoms with E-state index in [9.17, 15) is 9.18 Å². The van der Waals surface area contributed by atoms with Crippen molar-refractivity contribution in [3.05, 3.63) is 29.8 Å².